The molecular weight excluding hydrogens is 214 g/mol. The molecule has 0 aromatic heterocycles. The number of hydrogen-bond acceptors (Lipinski definition) is 4. The fraction of sp³-hybridized carbons (Fsp3) is 1.00. The standard InChI is InChI=1S/C10H19NO3S/c11-8-1-2-10(7-8)15(12,13)9-3-5-14-6-4-9/h8-10H,1-7,11H2. The third kappa shape index (κ3) is 2.34. The maximum Gasteiger partial charge on any atom is 0.156 e. The Balaban J connectivity index is 2.05. The van der Waals surface area contributed by atoms with Crippen LogP contribution >= 0.6 is 0 Å². The summed E-state index contributed by atoms with van der Waals surface area (Å²) in [5.74, 6) is 0. The van der Waals surface area contributed by atoms with Crippen LogP contribution in [0.3, 0.4) is 0 Å². The summed E-state index contributed by atoms with van der Waals surface area (Å²) < 4.78 is 29.6. The van der Waals surface area contributed by atoms with Crippen LogP contribution in [0.4, 0.5) is 0 Å². The Kier molecular flexibility index (Phi) is 3.33. The SMILES string of the molecule is NC1CCC(S(=O)(=O)C2CCOCC2)C1. The molecule has 5 heteroatoms. The monoisotopic (exact) mass is 233 g/mol. The minimum absolute atomic E-state index is 0.0876. The molecule has 0 aromatic rings. The smallest absolute Gasteiger partial charge is 0.156 e. The normalized spacial score (nSPS) is 34.5. The molecule has 0 aromatic carbocycles. The Hall–Kier alpha value is -0.130. The van der Waals surface area contributed by atoms with E-state index in [-0.39, 0.29) is 16.5 Å². The average molecular weight is 233 g/mol. The number of ether oxygens (including phenoxy) is 1. The van der Waals surface area contributed by atoms with Crippen molar-refractivity contribution >= 4 is 9.84 Å². The van der Waals surface area contributed by atoms with Crippen molar-refractivity contribution in [1.82, 2.24) is 0 Å². The maximum absolute atomic E-state index is 12.2. The van der Waals surface area contributed by atoms with Crippen molar-refractivity contribution in [2.75, 3.05) is 13.2 Å². The Morgan fingerprint density at radius 3 is 2.20 bits per heavy atom. The van der Waals surface area contributed by atoms with Crippen LogP contribution in [-0.4, -0.2) is 38.2 Å². The van der Waals surface area contributed by atoms with Gasteiger partial charge >= 0.3 is 0 Å². The topological polar surface area (TPSA) is 69.4 Å². The van der Waals surface area contributed by atoms with Gasteiger partial charge < -0.3 is 10.5 Å². The maximum atomic E-state index is 12.2. The van der Waals surface area contributed by atoms with Crippen molar-refractivity contribution < 1.29 is 13.2 Å². The van der Waals surface area contributed by atoms with Crippen LogP contribution < -0.4 is 5.73 Å². The van der Waals surface area contributed by atoms with Crippen molar-refractivity contribution in [3.05, 3.63) is 0 Å². The molecule has 1 aliphatic carbocycles. The van der Waals surface area contributed by atoms with Crippen LogP contribution in [-0.2, 0) is 14.6 Å². The van der Waals surface area contributed by atoms with E-state index in [1.807, 2.05) is 0 Å². The molecule has 0 spiro atoms. The summed E-state index contributed by atoms with van der Waals surface area (Å²) in [4.78, 5) is 0. The van der Waals surface area contributed by atoms with Gasteiger partial charge in [0.25, 0.3) is 0 Å². The lowest BCUT2D eigenvalue weighted by molar-refractivity contribution is 0.0982. The quantitative estimate of drug-likeness (QED) is 0.752. The lowest BCUT2D eigenvalue weighted by atomic mass is 10.2. The first kappa shape index (κ1) is 11.4. The van der Waals surface area contributed by atoms with Crippen LogP contribution in [0.5, 0.6) is 0 Å². The molecule has 2 atom stereocenters. The van der Waals surface area contributed by atoms with Gasteiger partial charge in [-0.3, -0.25) is 0 Å². The Morgan fingerprint density at radius 1 is 1.00 bits per heavy atom. The summed E-state index contributed by atoms with van der Waals surface area (Å²) >= 11 is 0. The second-order valence-electron chi connectivity index (χ2n) is 4.60. The molecule has 1 saturated heterocycles. The predicted octanol–water partition coefficient (Wildman–Crippen LogP) is 0.460. The van der Waals surface area contributed by atoms with E-state index in [1.54, 1.807) is 0 Å². The molecule has 2 aliphatic rings. The average Bonchev–Trinajstić information content (AvgIpc) is 2.67. The summed E-state index contributed by atoms with van der Waals surface area (Å²) in [7, 11) is -2.95. The Bertz CT molecular complexity index is 298. The van der Waals surface area contributed by atoms with Crippen molar-refractivity contribution in [3.8, 4) is 0 Å². The molecule has 2 fully saturated rings. The second-order valence-corrected chi connectivity index (χ2v) is 7.11. The number of sulfone groups is 1. The van der Waals surface area contributed by atoms with E-state index in [9.17, 15) is 8.42 Å². The van der Waals surface area contributed by atoms with E-state index >= 15 is 0 Å². The molecule has 1 aliphatic heterocycles. The highest BCUT2D eigenvalue weighted by atomic mass is 32.2. The van der Waals surface area contributed by atoms with Gasteiger partial charge in [-0.25, -0.2) is 8.42 Å². The minimum Gasteiger partial charge on any atom is -0.381 e. The summed E-state index contributed by atoms with van der Waals surface area (Å²) in [6, 6.07) is 0.0876. The molecule has 0 bridgehead atoms. The first-order valence-corrected chi connectivity index (χ1v) is 7.27. The third-order valence-electron chi connectivity index (χ3n) is 3.52. The molecule has 2 rings (SSSR count). The van der Waals surface area contributed by atoms with E-state index in [0.29, 0.717) is 32.5 Å². The molecule has 2 unspecified atom stereocenters. The molecule has 4 nitrogen and oxygen atoms in total. The van der Waals surface area contributed by atoms with E-state index < -0.39 is 9.84 Å². The highest BCUT2D eigenvalue weighted by Crippen LogP contribution is 2.30. The van der Waals surface area contributed by atoms with Gasteiger partial charge in [-0.1, -0.05) is 0 Å². The van der Waals surface area contributed by atoms with E-state index in [1.165, 1.54) is 0 Å². The predicted molar refractivity (Wildman–Crippen MR) is 58.4 cm³/mol. The van der Waals surface area contributed by atoms with Gasteiger partial charge in [-0.15, -0.1) is 0 Å². The van der Waals surface area contributed by atoms with Crippen LogP contribution in [0.15, 0.2) is 0 Å². The highest BCUT2D eigenvalue weighted by Gasteiger charge is 2.38. The summed E-state index contributed by atoms with van der Waals surface area (Å²) in [5.41, 5.74) is 5.76. The molecule has 1 saturated carbocycles. The zero-order valence-electron chi connectivity index (χ0n) is 8.89. The van der Waals surface area contributed by atoms with Crippen LogP contribution in [0, 0.1) is 0 Å². The third-order valence-corrected chi connectivity index (χ3v) is 6.28. The zero-order chi connectivity index (χ0) is 10.9. The van der Waals surface area contributed by atoms with Gasteiger partial charge in [-0.05, 0) is 32.1 Å². The summed E-state index contributed by atoms with van der Waals surface area (Å²) in [6.07, 6.45) is 3.58. The summed E-state index contributed by atoms with van der Waals surface area (Å²) in [5, 5.41) is -0.364. The van der Waals surface area contributed by atoms with Crippen LogP contribution in [0.1, 0.15) is 32.1 Å². The van der Waals surface area contributed by atoms with Crippen molar-refractivity contribution in [2.45, 2.75) is 48.6 Å². The zero-order valence-corrected chi connectivity index (χ0v) is 9.71. The second kappa shape index (κ2) is 4.39. The van der Waals surface area contributed by atoms with E-state index in [4.69, 9.17) is 10.5 Å². The summed E-state index contributed by atoms with van der Waals surface area (Å²) in [6.45, 7) is 1.17. The first-order chi connectivity index (χ1) is 7.10. The molecule has 0 amide bonds. The Labute approximate surface area is 91.1 Å². The number of nitrogens with two attached hydrogens (primary N) is 1. The van der Waals surface area contributed by atoms with Crippen LogP contribution in [0.25, 0.3) is 0 Å². The van der Waals surface area contributed by atoms with Gasteiger partial charge in [0.15, 0.2) is 9.84 Å². The number of hydrogen-bond donors (Lipinski definition) is 1. The van der Waals surface area contributed by atoms with Crippen molar-refractivity contribution in [1.29, 1.82) is 0 Å². The van der Waals surface area contributed by atoms with Crippen molar-refractivity contribution in [3.63, 3.8) is 0 Å². The number of rotatable bonds is 2. The van der Waals surface area contributed by atoms with Gasteiger partial charge in [-0.2, -0.15) is 0 Å². The first-order valence-electron chi connectivity index (χ1n) is 5.66. The molecule has 1 heterocycles. The largest absolute Gasteiger partial charge is 0.381 e. The molecule has 0 radical (unpaired) electrons. The lowest BCUT2D eigenvalue weighted by Crippen LogP contribution is -2.35. The minimum atomic E-state index is -2.95. The molecular formula is C10H19NO3S. The molecule has 2 N–H and O–H groups in total. The lowest BCUT2D eigenvalue weighted by Gasteiger charge is -2.25. The van der Waals surface area contributed by atoms with E-state index in [0.717, 1.165) is 12.8 Å². The fourth-order valence-electron chi connectivity index (χ4n) is 2.55. The molecule has 15 heavy (non-hydrogen) atoms. The highest BCUT2D eigenvalue weighted by molar-refractivity contribution is 7.92. The van der Waals surface area contributed by atoms with Gasteiger partial charge in [0.1, 0.15) is 0 Å². The Morgan fingerprint density at radius 2 is 1.67 bits per heavy atom. The van der Waals surface area contributed by atoms with Gasteiger partial charge in [0.05, 0.1) is 10.5 Å². The van der Waals surface area contributed by atoms with Crippen LogP contribution in [0.2, 0.25) is 0 Å². The fourth-order valence-corrected chi connectivity index (χ4v) is 4.92. The van der Waals surface area contributed by atoms with Gasteiger partial charge in [0, 0.05) is 19.3 Å². The van der Waals surface area contributed by atoms with E-state index in [2.05, 4.69) is 0 Å². The van der Waals surface area contributed by atoms with Crippen molar-refractivity contribution in [2.24, 2.45) is 5.73 Å². The molecule has 88 valence electrons. The van der Waals surface area contributed by atoms with Gasteiger partial charge in [0.2, 0.25) is 0 Å².